The van der Waals surface area contributed by atoms with E-state index in [0.29, 0.717) is 13.2 Å². The highest BCUT2D eigenvalue weighted by Gasteiger charge is 1.99. The molecule has 1 aromatic carbocycles. The van der Waals surface area contributed by atoms with E-state index in [1.54, 1.807) is 7.05 Å². The molecule has 0 bridgehead atoms. The summed E-state index contributed by atoms with van der Waals surface area (Å²) in [5, 5.41) is 6.50. The number of benzene rings is 1. The van der Waals surface area contributed by atoms with Gasteiger partial charge in [0.2, 0.25) is 0 Å². The van der Waals surface area contributed by atoms with Crippen LogP contribution in [0.25, 0.3) is 0 Å². The number of ether oxygens (including phenoxy) is 1. The Morgan fingerprint density at radius 2 is 1.83 bits per heavy atom. The first kappa shape index (κ1) is 20.2. The molecule has 1 aromatic heterocycles. The maximum Gasteiger partial charge on any atom is 0.191 e. The van der Waals surface area contributed by atoms with Gasteiger partial charge in [0.15, 0.2) is 5.96 Å². The second-order valence-corrected chi connectivity index (χ2v) is 5.16. The Morgan fingerprint density at radius 1 is 1.08 bits per heavy atom. The first-order valence-corrected chi connectivity index (χ1v) is 7.82. The normalized spacial score (nSPS) is 10.7. The highest BCUT2D eigenvalue weighted by Crippen LogP contribution is 2.10. The molecule has 2 rings (SSSR count). The molecule has 0 aliphatic heterocycles. The van der Waals surface area contributed by atoms with E-state index < -0.39 is 0 Å². The zero-order valence-corrected chi connectivity index (χ0v) is 16.5. The molecule has 1 heterocycles. The molecule has 0 saturated carbocycles. The van der Waals surface area contributed by atoms with Crippen molar-refractivity contribution in [1.29, 1.82) is 0 Å². The Hall–Kier alpha value is -1.83. The van der Waals surface area contributed by atoms with E-state index in [1.807, 2.05) is 48.7 Å². The van der Waals surface area contributed by atoms with Crippen molar-refractivity contribution in [2.75, 3.05) is 26.7 Å². The number of nitrogens with zero attached hydrogens (tertiary/aromatic N) is 2. The van der Waals surface area contributed by atoms with Crippen LogP contribution >= 0.6 is 24.0 Å². The summed E-state index contributed by atoms with van der Waals surface area (Å²) in [5.74, 6) is 1.66. The van der Waals surface area contributed by atoms with Crippen LogP contribution in [0.5, 0.6) is 5.75 Å². The van der Waals surface area contributed by atoms with Crippen LogP contribution in [0.4, 0.5) is 0 Å². The lowest BCUT2D eigenvalue weighted by molar-refractivity contribution is 0.322. The molecule has 0 spiro atoms. The zero-order chi connectivity index (χ0) is 16.3. The Balaban J connectivity index is 0.00000288. The average molecular weight is 440 g/mol. The number of aryl methyl sites for hydroxylation is 1. The molecular formula is C18H25IN4O. The minimum absolute atomic E-state index is 0. The quantitative estimate of drug-likeness (QED) is 0.301. The number of pyridine rings is 1. The summed E-state index contributed by atoms with van der Waals surface area (Å²) in [4.78, 5) is 8.49. The Kier molecular flexibility index (Phi) is 9.83. The smallest absolute Gasteiger partial charge is 0.191 e. The molecule has 6 heteroatoms. The summed E-state index contributed by atoms with van der Waals surface area (Å²) in [6, 6.07) is 14.0. The second kappa shape index (κ2) is 11.7. The molecule has 0 saturated heterocycles. The fourth-order valence-electron chi connectivity index (χ4n) is 2.05. The topological polar surface area (TPSA) is 58.5 Å². The number of aromatic nitrogens is 1. The van der Waals surface area contributed by atoms with Crippen molar-refractivity contribution in [3.05, 3.63) is 59.9 Å². The lowest BCUT2D eigenvalue weighted by Crippen LogP contribution is -2.40. The first-order chi connectivity index (χ1) is 11.3. The first-order valence-electron chi connectivity index (χ1n) is 7.82. The minimum atomic E-state index is 0. The fourth-order valence-corrected chi connectivity index (χ4v) is 2.05. The second-order valence-electron chi connectivity index (χ2n) is 5.16. The van der Waals surface area contributed by atoms with Crippen LogP contribution in [0.2, 0.25) is 0 Å². The van der Waals surface area contributed by atoms with Crippen molar-refractivity contribution in [2.24, 2.45) is 4.99 Å². The fraction of sp³-hybridized carbons (Fsp3) is 0.333. The van der Waals surface area contributed by atoms with Gasteiger partial charge >= 0.3 is 0 Å². The summed E-state index contributed by atoms with van der Waals surface area (Å²) >= 11 is 0. The van der Waals surface area contributed by atoms with Crippen LogP contribution in [-0.2, 0) is 6.42 Å². The van der Waals surface area contributed by atoms with E-state index in [0.717, 1.165) is 30.4 Å². The van der Waals surface area contributed by atoms with E-state index in [1.165, 1.54) is 5.56 Å². The molecule has 24 heavy (non-hydrogen) atoms. The Morgan fingerprint density at radius 3 is 2.50 bits per heavy atom. The Labute approximate surface area is 161 Å². The van der Waals surface area contributed by atoms with Crippen molar-refractivity contribution in [1.82, 2.24) is 15.6 Å². The number of rotatable bonds is 7. The lowest BCUT2D eigenvalue weighted by Gasteiger charge is -2.12. The van der Waals surface area contributed by atoms with Crippen LogP contribution in [0, 0.1) is 6.92 Å². The predicted octanol–water partition coefficient (Wildman–Crippen LogP) is 2.79. The van der Waals surface area contributed by atoms with Crippen LogP contribution in [0.1, 0.15) is 11.3 Å². The van der Waals surface area contributed by atoms with Gasteiger partial charge < -0.3 is 15.4 Å². The third-order valence-electron chi connectivity index (χ3n) is 3.31. The highest BCUT2D eigenvalue weighted by molar-refractivity contribution is 14.0. The number of halogens is 1. The third kappa shape index (κ3) is 7.63. The standard InChI is InChI=1S/C18H24N4O.HI/c1-15-6-8-17(9-7-15)23-14-13-22-18(19-2)21-12-10-16-5-3-4-11-20-16;/h3-9,11H,10,12-14H2,1-2H3,(H2,19,21,22);1H. The van der Waals surface area contributed by atoms with E-state index >= 15 is 0 Å². The highest BCUT2D eigenvalue weighted by atomic mass is 127. The molecule has 5 nitrogen and oxygen atoms in total. The molecule has 0 radical (unpaired) electrons. The van der Waals surface area contributed by atoms with Gasteiger partial charge in [-0.3, -0.25) is 9.98 Å². The summed E-state index contributed by atoms with van der Waals surface area (Å²) in [7, 11) is 1.76. The van der Waals surface area contributed by atoms with Gasteiger partial charge in [-0.25, -0.2) is 0 Å². The molecule has 130 valence electrons. The van der Waals surface area contributed by atoms with E-state index in [9.17, 15) is 0 Å². The molecule has 0 unspecified atom stereocenters. The summed E-state index contributed by atoms with van der Waals surface area (Å²) in [6.07, 6.45) is 2.67. The largest absolute Gasteiger partial charge is 0.492 e. The monoisotopic (exact) mass is 440 g/mol. The minimum Gasteiger partial charge on any atom is -0.492 e. The van der Waals surface area contributed by atoms with Gasteiger partial charge in [0, 0.05) is 31.9 Å². The van der Waals surface area contributed by atoms with Crippen LogP contribution in [-0.4, -0.2) is 37.7 Å². The molecule has 0 amide bonds. The predicted molar refractivity (Wildman–Crippen MR) is 109 cm³/mol. The molecular weight excluding hydrogens is 415 g/mol. The molecule has 0 aliphatic carbocycles. The molecule has 2 aromatic rings. The lowest BCUT2D eigenvalue weighted by atomic mass is 10.2. The number of aliphatic imine (C=N–C) groups is 1. The molecule has 0 aliphatic rings. The summed E-state index contributed by atoms with van der Waals surface area (Å²) in [5.41, 5.74) is 2.30. The van der Waals surface area contributed by atoms with Crippen molar-refractivity contribution in [3.63, 3.8) is 0 Å². The third-order valence-corrected chi connectivity index (χ3v) is 3.31. The van der Waals surface area contributed by atoms with Crippen LogP contribution < -0.4 is 15.4 Å². The Bertz CT molecular complexity index is 602. The number of hydrogen-bond donors (Lipinski definition) is 2. The molecule has 0 fully saturated rings. The molecule has 0 atom stereocenters. The van der Waals surface area contributed by atoms with Gasteiger partial charge in [0.25, 0.3) is 0 Å². The number of hydrogen-bond acceptors (Lipinski definition) is 3. The summed E-state index contributed by atoms with van der Waals surface area (Å²) in [6.45, 7) is 4.13. The van der Waals surface area contributed by atoms with Gasteiger partial charge in [-0.05, 0) is 31.2 Å². The van der Waals surface area contributed by atoms with Gasteiger partial charge in [-0.15, -0.1) is 24.0 Å². The van der Waals surface area contributed by atoms with Gasteiger partial charge in [0.05, 0.1) is 6.54 Å². The number of guanidine groups is 1. The van der Waals surface area contributed by atoms with E-state index in [4.69, 9.17) is 4.74 Å². The zero-order valence-electron chi connectivity index (χ0n) is 14.2. The SMILES string of the molecule is CN=C(NCCOc1ccc(C)cc1)NCCc1ccccn1.I. The molecule has 2 N–H and O–H groups in total. The van der Waals surface area contributed by atoms with Crippen molar-refractivity contribution < 1.29 is 4.74 Å². The van der Waals surface area contributed by atoms with Crippen molar-refractivity contribution >= 4 is 29.9 Å². The maximum absolute atomic E-state index is 5.67. The van der Waals surface area contributed by atoms with Gasteiger partial charge in [-0.2, -0.15) is 0 Å². The van der Waals surface area contributed by atoms with E-state index in [2.05, 4.69) is 27.5 Å². The van der Waals surface area contributed by atoms with E-state index in [-0.39, 0.29) is 24.0 Å². The van der Waals surface area contributed by atoms with Crippen LogP contribution in [0.15, 0.2) is 53.7 Å². The maximum atomic E-state index is 5.67. The number of nitrogens with one attached hydrogen (secondary N) is 2. The van der Waals surface area contributed by atoms with Crippen LogP contribution in [0.3, 0.4) is 0 Å². The van der Waals surface area contributed by atoms with Gasteiger partial charge in [0.1, 0.15) is 12.4 Å². The average Bonchev–Trinajstić information content (AvgIpc) is 2.59. The van der Waals surface area contributed by atoms with Crippen molar-refractivity contribution in [3.8, 4) is 5.75 Å². The summed E-state index contributed by atoms with van der Waals surface area (Å²) < 4.78 is 5.67. The van der Waals surface area contributed by atoms with Gasteiger partial charge in [-0.1, -0.05) is 23.8 Å². The van der Waals surface area contributed by atoms with Crippen molar-refractivity contribution in [2.45, 2.75) is 13.3 Å².